The van der Waals surface area contributed by atoms with Gasteiger partial charge in [0.15, 0.2) is 0 Å². The fourth-order valence-electron chi connectivity index (χ4n) is 1.88. The van der Waals surface area contributed by atoms with Crippen LogP contribution in [-0.4, -0.2) is 24.7 Å². The average Bonchev–Trinajstić information content (AvgIpc) is 2.43. The van der Waals surface area contributed by atoms with Crippen molar-refractivity contribution in [2.45, 2.75) is 38.4 Å². The summed E-state index contributed by atoms with van der Waals surface area (Å²) in [5, 5.41) is 0. The van der Waals surface area contributed by atoms with E-state index in [1.54, 1.807) is 17.8 Å². The molecule has 0 aromatic heterocycles. The van der Waals surface area contributed by atoms with Crippen LogP contribution in [0.3, 0.4) is 0 Å². The number of benzene rings is 1. The fourth-order valence-corrected chi connectivity index (χ4v) is 2.29. The van der Waals surface area contributed by atoms with Crippen LogP contribution in [0.1, 0.15) is 30.9 Å². The van der Waals surface area contributed by atoms with E-state index in [1.807, 2.05) is 13.2 Å². The first-order valence-corrected chi connectivity index (χ1v) is 8.35. The monoisotopic (exact) mass is 321 g/mol. The van der Waals surface area contributed by atoms with Gasteiger partial charge in [-0.1, -0.05) is 13.0 Å². The van der Waals surface area contributed by atoms with Gasteiger partial charge in [-0.2, -0.15) is 24.9 Å². The van der Waals surface area contributed by atoms with E-state index in [2.05, 4.69) is 0 Å². The van der Waals surface area contributed by atoms with Crippen LogP contribution in [-0.2, 0) is 12.6 Å². The molecule has 0 saturated carbocycles. The van der Waals surface area contributed by atoms with Gasteiger partial charge in [-0.05, 0) is 49.0 Å². The minimum absolute atomic E-state index is 0.0996. The zero-order chi connectivity index (χ0) is 15.9. The molecular weight excluding hydrogens is 299 g/mol. The van der Waals surface area contributed by atoms with Crippen molar-refractivity contribution in [3.05, 3.63) is 29.3 Å². The first kappa shape index (κ1) is 18.2. The van der Waals surface area contributed by atoms with E-state index in [4.69, 9.17) is 10.5 Å². The molecule has 0 heterocycles. The first-order chi connectivity index (χ1) is 9.88. The lowest BCUT2D eigenvalue weighted by Crippen LogP contribution is -2.21. The third-order valence-corrected chi connectivity index (χ3v) is 3.82. The van der Waals surface area contributed by atoms with Crippen LogP contribution < -0.4 is 10.5 Å². The van der Waals surface area contributed by atoms with Crippen molar-refractivity contribution in [3.63, 3.8) is 0 Å². The lowest BCUT2D eigenvalue weighted by molar-refractivity contribution is -0.139. The quantitative estimate of drug-likeness (QED) is 0.732. The van der Waals surface area contributed by atoms with Crippen LogP contribution >= 0.6 is 11.8 Å². The smallest absolute Gasteiger partial charge is 0.419 e. The Bertz CT molecular complexity index is 437. The molecule has 1 aromatic carbocycles. The maximum Gasteiger partial charge on any atom is 0.419 e. The van der Waals surface area contributed by atoms with Gasteiger partial charge in [-0.15, -0.1) is 0 Å². The molecule has 0 bridgehead atoms. The molecule has 0 aliphatic heterocycles. The van der Waals surface area contributed by atoms with Gasteiger partial charge in [0.05, 0.1) is 12.2 Å². The molecule has 2 N–H and O–H groups in total. The van der Waals surface area contributed by atoms with E-state index in [9.17, 15) is 13.2 Å². The Balaban J connectivity index is 2.87. The zero-order valence-electron chi connectivity index (χ0n) is 12.4. The van der Waals surface area contributed by atoms with Crippen molar-refractivity contribution in [1.29, 1.82) is 0 Å². The average molecular weight is 321 g/mol. The van der Waals surface area contributed by atoms with E-state index in [0.717, 1.165) is 24.7 Å². The molecule has 0 spiro atoms. The molecule has 2 nitrogen and oxygen atoms in total. The third-order valence-electron chi connectivity index (χ3n) is 3.12. The third kappa shape index (κ3) is 6.18. The molecular formula is C15H22F3NOS. The van der Waals surface area contributed by atoms with Crippen molar-refractivity contribution in [1.82, 2.24) is 0 Å². The number of alkyl halides is 3. The predicted molar refractivity (Wildman–Crippen MR) is 81.9 cm³/mol. The molecule has 0 amide bonds. The number of hydrogen-bond donors (Lipinski definition) is 1. The second-order valence-corrected chi connectivity index (χ2v) is 5.88. The minimum Gasteiger partial charge on any atom is -0.493 e. The Morgan fingerprint density at radius 2 is 2.05 bits per heavy atom. The topological polar surface area (TPSA) is 35.2 Å². The maximum atomic E-state index is 13.1. The largest absolute Gasteiger partial charge is 0.493 e. The predicted octanol–water partition coefficient (Wildman–Crippen LogP) is 4.12. The summed E-state index contributed by atoms with van der Waals surface area (Å²) < 4.78 is 44.6. The van der Waals surface area contributed by atoms with Gasteiger partial charge in [-0.3, -0.25) is 0 Å². The highest BCUT2D eigenvalue weighted by Gasteiger charge is 2.34. The molecule has 0 fully saturated rings. The second-order valence-electron chi connectivity index (χ2n) is 4.90. The van der Waals surface area contributed by atoms with Gasteiger partial charge in [0.25, 0.3) is 0 Å². The molecule has 0 aliphatic rings. The summed E-state index contributed by atoms with van der Waals surface area (Å²) in [5.41, 5.74) is 5.68. The SMILES string of the molecule is CCC(N)Cc1ccc(OCCCSC)c(C(F)(F)F)c1. The summed E-state index contributed by atoms with van der Waals surface area (Å²) in [6, 6.07) is 4.09. The normalized spacial score (nSPS) is 13.2. The van der Waals surface area contributed by atoms with Crippen LogP contribution in [0.25, 0.3) is 0 Å². The lowest BCUT2D eigenvalue weighted by atomic mass is 10.0. The summed E-state index contributed by atoms with van der Waals surface area (Å²) in [7, 11) is 0. The molecule has 6 heteroatoms. The van der Waals surface area contributed by atoms with Crippen molar-refractivity contribution in [2.24, 2.45) is 5.73 Å². The number of rotatable bonds is 8. The Morgan fingerprint density at radius 3 is 2.62 bits per heavy atom. The lowest BCUT2D eigenvalue weighted by Gasteiger charge is -2.16. The van der Waals surface area contributed by atoms with E-state index < -0.39 is 11.7 Å². The molecule has 1 rings (SSSR count). The van der Waals surface area contributed by atoms with Crippen molar-refractivity contribution in [2.75, 3.05) is 18.6 Å². The maximum absolute atomic E-state index is 13.1. The molecule has 1 atom stereocenters. The summed E-state index contributed by atoms with van der Waals surface area (Å²) >= 11 is 1.64. The van der Waals surface area contributed by atoms with Crippen LogP contribution in [0.5, 0.6) is 5.75 Å². The Kier molecular flexibility index (Phi) is 7.39. The highest BCUT2D eigenvalue weighted by Crippen LogP contribution is 2.37. The van der Waals surface area contributed by atoms with Crippen LogP contribution in [0.15, 0.2) is 18.2 Å². The molecule has 21 heavy (non-hydrogen) atoms. The van der Waals surface area contributed by atoms with Crippen molar-refractivity contribution < 1.29 is 17.9 Å². The summed E-state index contributed by atoms with van der Waals surface area (Å²) in [4.78, 5) is 0. The van der Waals surface area contributed by atoms with Gasteiger partial charge in [0, 0.05) is 6.04 Å². The summed E-state index contributed by atoms with van der Waals surface area (Å²) in [6.07, 6.45) is -0.574. The highest BCUT2D eigenvalue weighted by atomic mass is 32.2. The molecule has 0 radical (unpaired) electrons. The van der Waals surface area contributed by atoms with Gasteiger partial charge >= 0.3 is 6.18 Å². The molecule has 1 unspecified atom stereocenters. The number of hydrogen-bond acceptors (Lipinski definition) is 3. The number of ether oxygens (including phenoxy) is 1. The Labute approximate surface area is 128 Å². The zero-order valence-corrected chi connectivity index (χ0v) is 13.2. The van der Waals surface area contributed by atoms with Gasteiger partial charge in [-0.25, -0.2) is 0 Å². The minimum atomic E-state index is -4.42. The van der Waals surface area contributed by atoms with Gasteiger partial charge in [0.2, 0.25) is 0 Å². The van der Waals surface area contributed by atoms with E-state index in [1.165, 1.54) is 6.07 Å². The fraction of sp³-hybridized carbons (Fsp3) is 0.600. The number of thioether (sulfide) groups is 1. The highest BCUT2D eigenvalue weighted by molar-refractivity contribution is 7.98. The van der Waals surface area contributed by atoms with Gasteiger partial charge in [0.1, 0.15) is 5.75 Å². The number of halogens is 3. The van der Waals surface area contributed by atoms with Crippen LogP contribution in [0.4, 0.5) is 13.2 Å². The van der Waals surface area contributed by atoms with Crippen molar-refractivity contribution in [3.8, 4) is 5.75 Å². The summed E-state index contributed by atoms with van der Waals surface area (Å²) in [6.45, 7) is 2.20. The number of nitrogens with two attached hydrogens (primary N) is 1. The van der Waals surface area contributed by atoms with E-state index in [-0.39, 0.29) is 18.4 Å². The summed E-state index contributed by atoms with van der Waals surface area (Å²) in [5.74, 6) is 0.766. The standard InChI is InChI=1S/C15H22F3NOS/c1-3-12(19)9-11-5-6-14(20-7-4-8-21-2)13(10-11)15(16,17)18/h5-6,10,12H,3-4,7-9,19H2,1-2H3. The first-order valence-electron chi connectivity index (χ1n) is 6.96. The molecule has 0 aliphatic carbocycles. The second kappa shape index (κ2) is 8.54. The van der Waals surface area contributed by atoms with Crippen molar-refractivity contribution >= 4 is 11.8 Å². The van der Waals surface area contributed by atoms with E-state index >= 15 is 0 Å². The molecule has 0 saturated heterocycles. The van der Waals surface area contributed by atoms with Crippen LogP contribution in [0.2, 0.25) is 0 Å². The van der Waals surface area contributed by atoms with Gasteiger partial charge < -0.3 is 10.5 Å². The molecule has 120 valence electrons. The Morgan fingerprint density at radius 1 is 1.33 bits per heavy atom. The van der Waals surface area contributed by atoms with Crippen LogP contribution in [0, 0.1) is 0 Å². The Hall–Kier alpha value is -0.880. The molecule has 1 aromatic rings. The van der Waals surface area contributed by atoms with E-state index in [0.29, 0.717) is 12.0 Å².